The largest absolute Gasteiger partial charge is 0.321 e. The van der Waals surface area contributed by atoms with Gasteiger partial charge in [-0.25, -0.2) is 0 Å². The summed E-state index contributed by atoms with van der Waals surface area (Å²) in [5.74, 6) is -0.326. The number of benzene rings is 1. The third-order valence-electron chi connectivity index (χ3n) is 5.09. The molecule has 0 spiro atoms. The minimum absolute atomic E-state index is 0.0715. The number of nitrogens with zero attached hydrogens (tertiary/aromatic N) is 5. The van der Waals surface area contributed by atoms with Gasteiger partial charge in [0.2, 0.25) is 5.91 Å². The van der Waals surface area contributed by atoms with Gasteiger partial charge in [0.15, 0.2) is 0 Å². The molecule has 2 heterocycles. The molecule has 0 aliphatic heterocycles. The summed E-state index contributed by atoms with van der Waals surface area (Å²) < 4.78 is 3.19. The van der Waals surface area contributed by atoms with Crippen LogP contribution in [0.1, 0.15) is 41.3 Å². The summed E-state index contributed by atoms with van der Waals surface area (Å²) in [5.41, 5.74) is 3.69. The maximum Gasteiger partial charge on any atom is 0.312 e. The number of rotatable bonds is 6. The molecule has 0 bridgehead atoms. The van der Waals surface area contributed by atoms with Crippen LogP contribution in [-0.2, 0) is 11.3 Å². The summed E-state index contributed by atoms with van der Waals surface area (Å²) >= 11 is 5.94. The summed E-state index contributed by atoms with van der Waals surface area (Å²) in [6.45, 7) is 9.04. The molecule has 0 aliphatic rings. The highest BCUT2D eigenvalue weighted by atomic mass is 35.5. The molecule has 158 valence electrons. The van der Waals surface area contributed by atoms with Crippen LogP contribution in [0.5, 0.6) is 0 Å². The fourth-order valence-electron chi connectivity index (χ4n) is 3.43. The van der Waals surface area contributed by atoms with Crippen molar-refractivity contribution in [3.63, 3.8) is 0 Å². The molecule has 3 aromatic rings. The van der Waals surface area contributed by atoms with Gasteiger partial charge in [-0.15, -0.1) is 0 Å². The van der Waals surface area contributed by atoms with Crippen LogP contribution in [0.3, 0.4) is 0 Å². The lowest BCUT2D eigenvalue weighted by molar-refractivity contribution is -0.386. The number of nitro groups is 1. The lowest BCUT2D eigenvalue weighted by Crippen LogP contribution is -2.25. The molecule has 0 radical (unpaired) electrons. The van der Waals surface area contributed by atoms with E-state index in [1.807, 2.05) is 42.8 Å². The van der Waals surface area contributed by atoms with E-state index in [1.165, 1.54) is 4.68 Å². The van der Waals surface area contributed by atoms with E-state index in [1.54, 1.807) is 20.8 Å². The molecular weight excluding hydrogens is 408 g/mol. The molecule has 30 heavy (non-hydrogen) atoms. The van der Waals surface area contributed by atoms with Crippen LogP contribution in [0, 0.1) is 37.8 Å². The molecule has 9 nitrogen and oxygen atoms in total. The topological polar surface area (TPSA) is 108 Å². The molecule has 1 N–H and O–H groups in total. The van der Waals surface area contributed by atoms with Gasteiger partial charge in [-0.3, -0.25) is 24.3 Å². The quantitative estimate of drug-likeness (QED) is 0.467. The third kappa shape index (κ3) is 4.06. The van der Waals surface area contributed by atoms with E-state index < -0.39 is 11.0 Å². The van der Waals surface area contributed by atoms with Crippen molar-refractivity contribution in [2.75, 3.05) is 5.32 Å². The van der Waals surface area contributed by atoms with E-state index in [-0.39, 0.29) is 17.3 Å². The summed E-state index contributed by atoms with van der Waals surface area (Å²) in [4.78, 5) is 23.6. The van der Waals surface area contributed by atoms with Gasteiger partial charge in [-0.05, 0) is 52.3 Å². The Morgan fingerprint density at radius 2 is 1.77 bits per heavy atom. The van der Waals surface area contributed by atoms with Gasteiger partial charge in [-0.2, -0.15) is 10.2 Å². The highest BCUT2D eigenvalue weighted by Gasteiger charge is 2.28. The molecule has 0 saturated carbocycles. The Labute approximate surface area is 178 Å². The summed E-state index contributed by atoms with van der Waals surface area (Å²) in [5, 5.41) is 23.5. The second kappa shape index (κ2) is 8.27. The number of anilines is 1. The first-order valence-corrected chi connectivity index (χ1v) is 9.77. The van der Waals surface area contributed by atoms with Gasteiger partial charge >= 0.3 is 5.69 Å². The number of carbonyl (C=O) groups is 1. The van der Waals surface area contributed by atoms with Crippen molar-refractivity contribution in [2.24, 2.45) is 0 Å². The average Bonchev–Trinajstić information content (AvgIpc) is 3.12. The summed E-state index contributed by atoms with van der Waals surface area (Å²) in [6.07, 6.45) is 0. The zero-order valence-corrected chi connectivity index (χ0v) is 18.2. The molecule has 2 aromatic heterocycles. The van der Waals surface area contributed by atoms with E-state index in [9.17, 15) is 14.9 Å². The monoisotopic (exact) mass is 430 g/mol. The van der Waals surface area contributed by atoms with E-state index in [2.05, 4.69) is 15.5 Å². The maximum atomic E-state index is 12.9. The summed E-state index contributed by atoms with van der Waals surface area (Å²) in [7, 11) is 0. The van der Waals surface area contributed by atoms with Crippen LogP contribution in [0.25, 0.3) is 0 Å². The first-order valence-electron chi connectivity index (χ1n) is 9.39. The van der Waals surface area contributed by atoms with Gasteiger partial charge in [0.05, 0.1) is 28.5 Å². The van der Waals surface area contributed by atoms with Crippen molar-refractivity contribution in [3.8, 4) is 0 Å². The average molecular weight is 431 g/mol. The number of nitrogens with one attached hydrogen (secondary N) is 1. The third-order valence-corrected chi connectivity index (χ3v) is 5.34. The minimum Gasteiger partial charge on any atom is -0.321 e. The van der Waals surface area contributed by atoms with Crippen molar-refractivity contribution in [1.29, 1.82) is 0 Å². The number of hydrogen-bond acceptors (Lipinski definition) is 5. The van der Waals surface area contributed by atoms with Gasteiger partial charge in [0, 0.05) is 5.02 Å². The molecule has 0 fully saturated rings. The number of aryl methyl sites for hydroxylation is 2. The van der Waals surface area contributed by atoms with E-state index in [4.69, 9.17) is 11.6 Å². The molecule has 0 saturated heterocycles. The second-order valence-electron chi connectivity index (χ2n) is 7.22. The number of carbonyl (C=O) groups excluding carboxylic acids is 1. The molecular formula is C20H23ClN6O3. The van der Waals surface area contributed by atoms with E-state index >= 15 is 0 Å². The standard InChI is InChI=1S/C20H23ClN6O3/c1-11-18(13(3)25(23-11)10-16-6-8-17(21)9-7-16)22-20(28)15(5)26-14(4)19(27(29)30)12(2)24-26/h6-9,15H,10H2,1-5H3,(H,22,28). The van der Waals surface area contributed by atoms with E-state index in [0.29, 0.717) is 28.6 Å². The minimum atomic E-state index is -0.726. The van der Waals surface area contributed by atoms with Crippen LogP contribution in [0.4, 0.5) is 11.4 Å². The van der Waals surface area contributed by atoms with Crippen molar-refractivity contribution < 1.29 is 9.72 Å². The second-order valence-corrected chi connectivity index (χ2v) is 7.65. The summed E-state index contributed by atoms with van der Waals surface area (Å²) in [6, 6.07) is 6.76. The number of amides is 1. The predicted molar refractivity (Wildman–Crippen MR) is 114 cm³/mol. The normalized spacial score (nSPS) is 12.1. The van der Waals surface area contributed by atoms with Crippen molar-refractivity contribution >= 4 is 28.9 Å². The Morgan fingerprint density at radius 1 is 1.13 bits per heavy atom. The Bertz CT molecular complexity index is 1120. The Balaban J connectivity index is 1.82. The number of hydrogen-bond donors (Lipinski definition) is 1. The SMILES string of the molecule is Cc1nn(Cc2ccc(Cl)cc2)c(C)c1NC(=O)C(C)n1nc(C)c([N+](=O)[O-])c1C. The maximum absolute atomic E-state index is 12.9. The lowest BCUT2D eigenvalue weighted by Gasteiger charge is -2.14. The predicted octanol–water partition coefficient (Wildman–Crippen LogP) is 4.12. The van der Waals surface area contributed by atoms with Crippen LogP contribution < -0.4 is 5.32 Å². The molecule has 1 amide bonds. The zero-order valence-electron chi connectivity index (χ0n) is 17.4. The van der Waals surface area contributed by atoms with Crippen LogP contribution in [0.2, 0.25) is 5.02 Å². The Morgan fingerprint density at radius 3 is 2.33 bits per heavy atom. The fraction of sp³-hybridized carbons (Fsp3) is 0.350. The van der Waals surface area contributed by atoms with Crippen molar-refractivity contribution in [1.82, 2.24) is 19.6 Å². The van der Waals surface area contributed by atoms with Gasteiger partial charge in [-0.1, -0.05) is 23.7 Å². The van der Waals surface area contributed by atoms with Gasteiger partial charge in [0.25, 0.3) is 0 Å². The molecule has 3 rings (SSSR count). The molecule has 0 aliphatic carbocycles. The van der Waals surface area contributed by atoms with Crippen molar-refractivity contribution in [2.45, 2.75) is 47.2 Å². The van der Waals surface area contributed by atoms with Crippen molar-refractivity contribution in [3.05, 3.63) is 67.7 Å². The van der Waals surface area contributed by atoms with E-state index in [0.717, 1.165) is 11.3 Å². The van der Waals surface area contributed by atoms with Crippen LogP contribution in [-0.4, -0.2) is 30.4 Å². The smallest absolute Gasteiger partial charge is 0.312 e. The Kier molecular flexibility index (Phi) is 5.93. The van der Waals surface area contributed by atoms with Crippen LogP contribution >= 0.6 is 11.6 Å². The molecule has 1 atom stereocenters. The molecule has 1 unspecified atom stereocenters. The number of aromatic nitrogens is 4. The lowest BCUT2D eigenvalue weighted by atomic mass is 10.2. The number of halogens is 1. The van der Waals surface area contributed by atoms with Crippen LogP contribution in [0.15, 0.2) is 24.3 Å². The highest BCUT2D eigenvalue weighted by Crippen LogP contribution is 2.26. The van der Waals surface area contributed by atoms with Gasteiger partial charge < -0.3 is 5.32 Å². The molecule has 10 heteroatoms. The Hall–Kier alpha value is -3.20. The molecule has 1 aromatic carbocycles. The van der Waals surface area contributed by atoms with Gasteiger partial charge in [0.1, 0.15) is 17.4 Å². The fourth-order valence-corrected chi connectivity index (χ4v) is 3.55. The highest BCUT2D eigenvalue weighted by molar-refractivity contribution is 6.30. The first kappa shape index (κ1) is 21.5. The zero-order chi connectivity index (χ0) is 22.2. The first-order chi connectivity index (χ1) is 14.1.